The molecule has 0 amide bonds. The summed E-state index contributed by atoms with van der Waals surface area (Å²) < 4.78 is 3.33. The number of carboxylic acids is 1. The second-order valence-electron chi connectivity index (χ2n) is 5.33. The molecule has 0 aliphatic carbocycles. The maximum Gasteiger partial charge on any atom is 0 e. The van der Waals surface area contributed by atoms with Crippen LogP contribution in [-0.2, 0) is 24.3 Å². The molecule has 2 nitrogen and oxygen atoms in total. The van der Waals surface area contributed by atoms with E-state index in [2.05, 4.69) is 20.8 Å². The second-order valence-corrected chi connectivity index (χ2v) is 11.4. The number of rotatable bonds is 12. The van der Waals surface area contributed by atoms with Gasteiger partial charge in [-0.05, 0) is 6.42 Å². The molecule has 1 N–H and O–H groups in total. The number of carboxylic acid groups (broad SMARTS) is 1. The molecule has 20 heavy (non-hydrogen) atoms. The first-order valence-electron chi connectivity index (χ1n) is 8.40. The maximum atomic E-state index is 10.0. The first-order valence-corrected chi connectivity index (χ1v) is 14.1. The van der Waals surface area contributed by atoms with Crippen molar-refractivity contribution in [2.75, 3.05) is 0 Å². The summed E-state index contributed by atoms with van der Waals surface area (Å²) in [6, 6.07) is 0. The van der Waals surface area contributed by atoms with Gasteiger partial charge in [0.15, 0.2) is 0 Å². The van der Waals surface area contributed by atoms with Crippen molar-refractivity contribution in [3.05, 3.63) is 0 Å². The zero-order chi connectivity index (χ0) is 14.8. The van der Waals surface area contributed by atoms with Gasteiger partial charge in [0.25, 0.3) is 0 Å². The summed E-state index contributed by atoms with van der Waals surface area (Å²) in [5.41, 5.74) is 0. The molecule has 0 rings (SSSR count). The Balaban J connectivity index is -0.000000277. The van der Waals surface area contributed by atoms with Crippen LogP contribution in [0.5, 0.6) is 0 Å². The first kappa shape index (κ1) is 25.8. The van der Waals surface area contributed by atoms with E-state index in [-0.39, 0.29) is 40.6 Å². The molecule has 0 fully saturated rings. The van der Waals surface area contributed by atoms with Crippen LogP contribution in [0.4, 0.5) is 0 Å². The molecule has 0 aliphatic heterocycles. The van der Waals surface area contributed by atoms with E-state index in [1.54, 1.807) is 8.87 Å². The second kappa shape index (κ2) is 24.9. The molecule has 0 radical (unpaired) electrons. The summed E-state index contributed by atoms with van der Waals surface area (Å²) >= 11 is -0.159. The van der Waals surface area contributed by atoms with Gasteiger partial charge in [-0.25, -0.2) is 0 Å². The van der Waals surface area contributed by atoms with Gasteiger partial charge in [0, 0.05) is 25.9 Å². The average molecular weight is 445 g/mol. The predicted molar refractivity (Wildman–Crippen MR) is 89.0 cm³/mol. The molecule has 4 heteroatoms. The van der Waals surface area contributed by atoms with Crippen LogP contribution in [0.1, 0.15) is 85.0 Å². The van der Waals surface area contributed by atoms with E-state index < -0.39 is 5.97 Å². The van der Waals surface area contributed by atoms with Gasteiger partial charge in [-0.2, -0.15) is 0 Å². The van der Waals surface area contributed by atoms with E-state index in [0.717, 1.165) is 12.8 Å². The molecule has 0 heterocycles. The van der Waals surface area contributed by atoms with E-state index in [9.17, 15) is 4.79 Å². The zero-order valence-electron chi connectivity index (χ0n) is 14.3. The predicted octanol–water partition coefficient (Wildman–Crippen LogP) is 5.02. The molecule has 0 spiro atoms. The van der Waals surface area contributed by atoms with E-state index in [1.165, 1.54) is 44.9 Å². The van der Waals surface area contributed by atoms with E-state index in [0.29, 0.717) is 6.42 Å². The van der Waals surface area contributed by atoms with E-state index in [4.69, 9.17) is 5.11 Å². The molecule has 118 valence electrons. The van der Waals surface area contributed by atoms with Crippen molar-refractivity contribution in [1.82, 2.24) is 0 Å². The molecule has 0 unspecified atom stereocenters. The van der Waals surface area contributed by atoms with Crippen LogP contribution < -0.4 is 0 Å². The summed E-state index contributed by atoms with van der Waals surface area (Å²) in [7, 11) is 0. The van der Waals surface area contributed by atoms with Gasteiger partial charge in [0.1, 0.15) is 0 Å². The monoisotopic (exact) mass is 444 g/mol. The molecule has 0 atom stereocenters. The third-order valence-corrected chi connectivity index (χ3v) is 8.91. The summed E-state index contributed by atoms with van der Waals surface area (Å²) in [6.45, 7) is 6.74. The minimum absolute atomic E-state index is 0. The summed E-state index contributed by atoms with van der Waals surface area (Å²) in [5, 5.41) is 8.27. The molecule has 0 aromatic carbocycles. The Morgan fingerprint density at radius 2 is 1.25 bits per heavy atom. The summed E-state index contributed by atoms with van der Waals surface area (Å²) in [6.07, 6.45) is 11.8. The minimum Gasteiger partial charge on any atom is 0 e. The summed E-state index contributed by atoms with van der Waals surface area (Å²) in [4.78, 5) is 10.0. The Hall–Kier alpha value is 0.892. The van der Waals surface area contributed by atoms with Crippen molar-refractivity contribution in [3.63, 3.8) is 0 Å². The van der Waals surface area contributed by atoms with Crippen LogP contribution >= 0.6 is 0 Å². The van der Waals surface area contributed by atoms with Crippen LogP contribution in [-0.4, -0.2) is 32.2 Å². The van der Waals surface area contributed by atoms with Crippen molar-refractivity contribution < 1.29 is 29.4 Å². The number of unbranched alkanes of at least 4 members (excludes halogenated alkanes) is 6. The van der Waals surface area contributed by atoms with Gasteiger partial charge in [0.2, 0.25) is 0 Å². The molecule has 0 aromatic heterocycles. The third-order valence-electron chi connectivity index (χ3n) is 3.20. The number of carbonyl (C=O) groups is 1. The maximum absolute atomic E-state index is 10.0. The normalized spacial score (nSPS) is 9.35. The fourth-order valence-electron chi connectivity index (χ4n) is 1.91. The van der Waals surface area contributed by atoms with E-state index in [1.807, 2.05) is 0 Å². The fraction of sp³-hybridized carbons (Fsp3) is 0.938. The van der Waals surface area contributed by atoms with Crippen molar-refractivity contribution >= 4 is 27.1 Å². The van der Waals surface area contributed by atoms with Gasteiger partial charge in [-0.15, -0.1) is 0 Å². The summed E-state index contributed by atoms with van der Waals surface area (Å²) in [5.74, 6) is -0.670. The Morgan fingerprint density at radius 1 is 0.800 bits per heavy atom. The molecular formula is C16H36O2SnZn. The third kappa shape index (κ3) is 31.3. The van der Waals surface area contributed by atoms with Gasteiger partial charge in [-0.3, -0.25) is 4.79 Å². The van der Waals surface area contributed by atoms with E-state index >= 15 is 0 Å². The largest absolute Gasteiger partial charge is 0 e. The van der Waals surface area contributed by atoms with Crippen molar-refractivity contribution in [2.45, 2.75) is 93.9 Å². The number of aliphatic carboxylic acids is 1. The van der Waals surface area contributed by atoms with Gasteiger partial charge < -0.3 is 5.11 Å². The first-order chi connectivity index (χ1) is 9.18. The molecular weight excluding hydrogens is 408 g/mol. The van der Waals surface area contributed by atoms with Gasteiger partial charge in [0.05, 0.1) is 0 Å². The average Bonchev–Trinajstić information content (AvgIpc) is 2.39. The van der Waals surface area contributed by atoms with Crippen LogP contribution in [0.2, 0.25) is 8.87 Å². The Kier molecular flexibility index (Phi) is 32.1. The molecule has 0 aliphatic rings. The van der Waals surface area contributed by atoms with Gasteiger partial charge in [-0.1, -0.05) is 32.6 Å². The SMILES string of the molecule is CCCCCCCC(=O)O.CCC[CH2][SnH2][CH2]CCC.[Zn]. The standard InChI is InChI=1S/C8H16O2.2C4H9.Sn.Zn.2H/c1-2-3-4-5-6-7-8(9)10;2*1-3-4-2;;;;/h2-7H2,1H3,(H,9,10);2*1,3-4H2,2H3;;;;. The minimum atomic E-state index is -0.670. The zero-order valence-corrected chi connectivity index (χ0v) is 21.3. The molecule has 0 bridgehead atoms. The number of hydrogen-bond acceptors (Lipinski definition) is 1. The van der Waals surface area contributed by atoms with Gasteiger partial charge >= 0.3 is 75.5 Å². The fourth-order valence-corrected chi connectivity index (χ4v) is 7.79. The molecule has 0 aromatic rings. The quantitative estimate of drug-likeness (QED) is 0.339. The van der Waals surface area contributed by atoms with Crippen molar-refractivity contribution in [3.8, 4) is 0 Å². The topological polar surface area (TPSA) is 37.3 Å². The van der Waals surface area contributed by atoms with Crippen molar-refractivity contribution in [2.24, 2.45) is 0 Å². The van der Waals surface area contributed by atoms with Crippen LogP contribution in [0.3, 0.4) is 0 Å². The Labute approximate surface area is 149 Å². The smallest absolute Gasteiger partial charge is 0 e. The molecule has 0 saturated carbocycles. The Morgan fingerprint density at radius 3 is 1.65 bits per heavy atom. The van der Waals surface area contributed by atoms with Crippen LogP contribution in [0.15, 0.2) is 0 Å². The number of hydrogen-bond donors (Lipinski definition) is 1. The van der Waals surface area contributed by atoms with Crippen LogP contribution in [0, 0.1) is 0 Å². The molecule has 0 saturated heterocycles. The van der Waals surface area contributed by atoms with Crippen LogP contribution in [0.25, 0.3) is 0 Å². The van der Waals surface area contributed by atoms with Crippen molar-refractivity contribution in [1.29, 1.82) is 0 Å². The Bertz CT molecular complexity index is 172.